The number of thiazole rings is 1. The molecule has 0 aliphatic carbocycles. The summed E-state index contributed by atoms with van der Waals surface area (Å²) in [5, 5.41) is 0. The van der Waals surface area contributed by atoms with Crippen molar-refractivity contribution in [2.45, 2.75) is 16.9 Å². The molecule has 0 bridgehead atoms. The molecule has 114 valence electrons. The zero-order chi connectivity index (χ0) is 15.7. The molecule has 3 aromatic rings. The highest BCUT2D eigenvalue weighted by Gasteiger charge is 2.29. The third-order valence-corrected chi connectivity index (χ3v) is 5.30. The predicted molar refractivity (Wildman–Crippen MR) is 85.7 cm³/mol. The van der Waals surface area contributed by atoms with E-state index in [0.717, 1.165) is 37.8 Å². The number of halogens is 3. The summed E-state index contributed by atoms with van der Waals surface area (Å²) in [4.78, 5) is 4.47. The molecule has 1 aromatic heterocycles. The molecule has 1 heterocycles. The van der Waals surface area contributed by atoms with E-state index in [-0.39, 0.29) is 0 Å². The Hall–Kier alpha value is -1.53. The van der Waals surface area contributed by atoms with Crippen LogP contribution in [0.1, 0.15) is 16.7 Å². The first-order valence-corrected chi connectivity index (χ1v) is 8.59. The number of nitrogens with zero attached hydrogens (tertiary/aromatic N) is 1. The van der Waals surface area contributed by atoms with E-state index in [1.807, 2.05) is 18.4 Å². The zero-order valence-electron chi connectivity index (χ0n) is 11.6. The number of hydrogen-bond acceptors (Lipinski definition) is 3. The van der Waals surface area contributed by atoms with Gasteiger partial charge in [-0.25, -0.2) is 4.98 Å². The van der Waals surface area contributed by atoms with Crippen LogP contribution in [0.5, 0.6) is 0 Å². The van der Waals surface area contributed by atoms with Gasteiger partial charge in [-0.1, -0.05) is 30.0 Å². The van der Waals surface area contributed by atoms with Crippen LogP contribution in [0.15, 0.2) is 46.8 Å². The van der Waals surface area contributed by atoms with Crippen LogP contribution in [-0.4, -0.2) is 11.2 Å². The number of aromatic nitrogens is 1. The number of hydrogen-bond donors (Lipinski definition) is 0. The van der Waals surface area contributed by atoms with Crippen molar-refractivity contribution in [2.24, 2.45) is 0 Å². The molecule has 0 N–H and O–H groups in total. The Morgan fingerprint density at radius 2 is 1.73 bits per heavy atom. The maximum absolute atomic E-state index is 12.5. The summed E-state index contributed by atoms with van der Waals surface area (Å²) >= 11 is 3.24. The first kappa shape index (κ1) is 15.4. The number of benzene rings is 2. The molecule has 6 heteroatoms. The zero-order valence-corrected chi connectivity index (χ0v) is 13.3. The SMILES string of the molecule is CSc1nc2ccc(Cc3ccc(C(F)(F)F)cc3)cc2s1. The third-order valence-electron chi connectivity index (χ3n) is 3.30. The van der Waals surface area contributed by atoms with E-state index in [2.05, 4.69) is 11.1 Å². The number of thioether (sulfide) groups is 1. The molecule has 0 radical (unpaired) electrons. The van der Waals surface area contributed by atoms with Gasteiger partial charge in [0.2, 0.25) is 0 Å². The molecular weight excluding hydrogens is 327 g/mol. The van der Waals surface area contributed by atoms with Crippen LogP contribution >= 0.6 is 23.1 Å². The van der Waals surface area contributed by atoms with Gasteiger partial charge in [0.25, 0.3) is 0 Å². The van der Waals surface area contributed by atoms with Gasteiger partial charge in [-0.15, -0.1) is 11.3 Å². The highest BCUT2D eigenvalue weighted by Crippen LogP contribution is 2.31. The molecule has 0 atom stereocenters. The first-order chi connectivity index (χ1) is 10.5. The molecule has 0 spiro atoms. The van der Waals surface area contributed by atoms with E-state index in [0.29, 0.717) is 6.42 Å². The minimum absolute atomic E-state index is 0.612. The molecule has 0 saturated carbocycles. The Morgan fingerprint density at radius 1 is 1.05 bits per heavy atom. The average Bonchev–Trinajstić information content (AvgIpc) is 2.89. The van der Waals surface area contributed by atoms with Crippen molar-refractivity contribution < 1.29 is 13.2 Å². The molecule has 0 amide bonds. The van der Waals surface area contributed by atoms with Crippen molar-refractivity contribution in [3.63, 3.8) is 0 Å². The first-order valence-electron chi connectivity index (χ1n) is 6.55. The van der Waals surface area contributed by atoms with Crippen LogP contribution in [0.3, 0.4) is 0 Å². The summed E-state index contributed by atoms with van der Waals surface area (Å²) < 4.78 is 39.8. The van der Waals surface area contributed by atoms with Crippen molar-refractivity contribution in [2.75, 3.05) is 6.26 Å². The van der Waals surface area contributed by atoms with E-state index in [1.54, 1.807) is 23.1 Å². The Morgan fingerprint density at radius 3 is 2.36 bits per heavy atom. The van der Waals surface area contributed by atoms with Crippen molar-refractivity contribution in [3.8, 4) is 0 Å². The van der Waals surface area contributed by atoms with E-state index in [9.17, 15) is 13.2 Å². The van der Waals surface area contributed by atoms with Crippen molar-refractivity contribution in [1.82, 2.24) is 4.98 Å². The van der Waals surface area contributed by atoms with Crippen LogP contribution in [0.25, 0.3) is 10.2 Å². The Kier molecular flexibility index (Phi) is 4.14. The summed E-state index contributed by atoms with van der Waals surface area (Å²) in [5.41, 5.74) is 2.29. The van der Waals surface area contributed by atoms with Gasteiger partial charge in [0.05, 0.1) is 15.8 Å². The van der Waals surface area contributed by atoms with Gasteiger partial charge in [-0.2, -0.15) is 13.2 Å². The molecule has 0 saturated heterocycles. The molecule has 3 rings (SSSR count). The Bertz CT molecular complexity index is 791. The van der Waals surface area contributed by atoms with Gasteiger partial charge in [-0.05, 0) is 48.1 Å². The summed E-state index contributed by atoms with van der Waals surface area (Å²) in [6, 6.07) is 11.3. The van der Waals surface area contributed by atoms with Crippen LogP contribution in [0, 0.1) is 0 Å². The van der Waals surface area contributed by atoms with Gasteiger partial charge in [0, 0.05) is 0 Å². The van der Waals surface area contributed by atoms with Crippen molar-refractivity contribution in [1.29, 1.82) is 0 Å². The van der Waals surface area contributed by atoms with Gasteiger partial charge in [0.15, 0.2) is 4.34 Å². The second-order valence-corrected chi connectivity index (χ2v) is 6.94. The molecule has 1 nitrogen and oxygen atoms in total. The van der Waals surface area contributed by atoms with E-state index < -0.39 is 11.7 Å². The lowest BCUT2D eigenvalue weighted by Gasteiger charge is -2.07. The second-order valence-electron chi connectivity index (χ2n) is 4.86. The molecule has 0 unspecified atom stereocenters. The van der Waals surface area contributed by atoms with Crippen LogP contribution in [-0.2, 0) is 12.6 Å². The lowest BCUT2D eigenvalue weighted by atomic mass is 10.0. The predicted octanol–water partition coefficient (Wildman–Crippen LogP) is 5.63. The largest absolute Gasteiger partial charge is 0.416 e. The van der Waals surface area contributed by atoms with E-state index in [1.165, 1.54) is 12.1 Å². The van der Waals surface area contributed by atoms with E-state index >= 15 is 0 Å². The maximum atomic E-state index is 12.5. The van der Waals surface area contributed by atoms with Gasteiger partial charge >= 0.3 is 6.18 Å². The van der Waals surface area contributed by atoms with Crippen LogP contribution in [0.2, 0.25) is 0 Å². The van der Waals surface area contributed by atoms with Crippen molar-refractivity contribution >= 4 is 33.3 Å². The van der Waals surface area contributed by atoms with Crippen LogP contribution < -0.4 is 0 Å². The normalized spacial score (nSPS) is 12.0. The number of alkyl halides is 3. The van der Waals surface area contributed by atoms with Gasteiger partial charge in [-0.3, -0.25) is 0 Å². The van der Waals surface area contributed by atoms with Gasteiger partial charge < -0.3 is 0 Å². The lowest BCUT2D eigenvalue weighted by molar-refractivity contribution is -0.137. The number of fused-ring (bicyclic) bond motifs is 1. The maximum Gasteiger partial charge on any atom is 0.416 e. The number of rotatable bonds is 3. The summed E-state index contributed by atoms with van der Waals surface area (Å²) in [5.74, 6) is 0. The molecular formula is C16H12F3NS2. The highest BCUT2D eigenvalue weighted by atomic mass is 32.2. The fourth-order valence-corrected chi connectivity index (χ4v) is 3.75. The molecule has 0 aliphatic heterocycles. The third kappa shape index (κ3) is 3.28. The van der Waals surface area contributed by atoms with Gasteiger partial charge in [0.1, 0.15) is 0 Å². The Balaban J connectivity index is 1.83. The molecule has 0 fully saturated rings. The monoisotopic (exact) mass is 339 g/mol. The minimum Gasteiger partial charge on any atom is -0.230 e. The molecule has 0 aliphatic rings. The molecule has 22 heavy (non-hydrogen) atoms. The van der Waals surface area contributed by atoms with E-state index in [4.69, 9.17) is 0 Å². The fourth-order valence-electron chi connectivity index (χ4n) is 2.19. The quantitative estimate of drug-likeness (QED) is 0.574. The second kappa shape index (κ2) is 5.93. The fraction of sp³-hybridized carbons (Fsp3) is 0.188. The Labute approximate surface area is 134 Å². The summed E-state index contributed by atoms with van der Waals surface area (Å²) in [7, 11) is 0. The summed E-state index contributed by atoms with van der Waals surface area (Å²) in [6.45, 7) is 0. The average molecular weight is 339 g/mol. The van der Waals surface area contributed by atoms with Crippen LogP contribution in [0.4, 0.5) is 13.2 Å². The topological polar surface area (TPSA) is 12.9 Å². The minimum atomic E-state index is -4.28. The highest BCUT2D eigenvalue weighted by molar-refractivity contribution is 8.00. The lowest BCUT2D eigenvalue weighted by Crippen LogP contribution is -2.04. The molecule has 2 aromatic carbocycles. The van der Waals surface area contributed by atoms with Crippen molar-refractivity contribution in [3.05, 3.63) is 59.2 Å². The standard InChI is InChI=1S/C16H12F3NS2/c1-21-15-20-13-7-4-11(9-14(13)22-15)8-10-2-5-12(6-3-10)16(17,18)19/h2-7,9H,8H2,1H3. The smallest absolute Gasteiger partial charge is 0.230 e. The summed E-state index contributed by atoms with van der Waals surface area (Å²) in [6.07, 6.45) is -1.68.